The van der Waals surface area contributed by atoms with Crippen molar-refractivity contribution in [2.45, 2.75) is 45.7 Å². The molecule has 2 heterocycles. The van der Waals surface area contributed by atoms with E-state index >= 15 is 0 Å². The molecule has 1 atom stereocenters. The lowest BCUT2D eigenvalue weighted by Gasteiger charge is -2.24. The lowest BCUT2D eigenvalue weighted by molar-refractivity contribution is 0.245. The highest BCUT2D eigenvalue weighted by atomic mass is 16.5. The van der Waals surface area contributed by atoms with E-state index in [1.54, 1.807) is 7.11 Å². The van der Waals surface area contributed by atoms with Crippen LogP contribution in [-0.4, -0.2) is 23.7 Å². The molecule has 0 N–H and O–H groups in total. The molecule has 0 bridgehead atoms. The van der Waals surface area contributed by atoms with Crippen LogP contribution in [-0.2, 0) is 13.0 Å². The number of aromatic nitrogens is 1. The van der Waals surface area contributed by atoms with Gasteiger partial charge in [0.1, 0.15) is 11.5 Å². The minimum atomic E-state index is 0.434. The van der Waals surface area contributed by atoms with Gasteiger partial charge in [0, 0.05) is 24.6 Å². The molecule has 4 nitrogen and oxygen atoms in total. The van der Waals surface area contributed by atoms with Crippen LogP contribution < -0.4 is 4.74 Å². The van der Waals surface area contributed by atoms with E-state index in [0.29, 0.717) is 6.04 Å². The second-order valence-electron chi connectivity index (χ2n) is 5.93. The van der Waals surface area contributed by atoms with Crippen molar-refractivity contribution in [3.8, 4) is 5.75 Å². The minimum absolute atomic E-state index is 0.434. The van der Waals surface area contributed by atoms with Gasteiger partial charge in [0.05, 0.1) is 12.8 Å². The Kier molecular flexibility index (Phi) is 4.48. The Bertz CT molecular complexity index is 619. The van der Waals surface area contributed by atoms with Crippen molar-refractivity contribution in [1.29, 1.82) is 0 Å². The molecule has 1 fully saturated rings. The average molecular weight is 300 g/mol. The Hall–Kier alpha value is -1.81. The van der Waals surface area contributed by atoms with E-state index in [1.165, 1.54) is 24.0 Å². The van der Waals surface area contributed by atoms with Crippen molar-refractivity contribution in [2.75, 3.05) is 13.7 Å². The van der Waals surface area contributed by atoms with Crippen molar-refractivity contribution in [3.63, 3.8) is 0 Å². The molecular formula is C18H24N2O2. The third kappa shape index (κ3) is 2.88. The Morgan fingerprint density at radius 1 is 1.32 bits per heavy atom. The molecule has 0 amide bonds. The van der Waals surface area contributed by atoms with Crippen LogP contribution >= 0.6 is 0 Å². The molecule has 0 saturated carbocycles. The highest BCUT2D eigenvalue weighted by molar-refractivity contribution is 5.29. The van der Waals surface area contributed by atoms with E-state index in [9.17, 15) is 0 Å². The van der Waals surface area contributed by atoms with Gasteiger partial charge in [-0.2, -0.15) is 0 Å². The van der Waals surface area contributed by atoms with E-state index in [-0.39, 0.29) is 0 Å². The molecule has 1 aliphatic heterocycles. The maximum Gasteiger partial charge on any atom is 0.141 e. The number of benzene rings is 1. The number of nitrogens with zero attached hydrogens (tertiary/aromatic N) is 2. The summed E-state index contributed by atoms with van der Waals surface area (Å²) in [6.07, 6.45) is 3.32. The molecule has 3 rings (SSSR count). The van der Waals surface area contributed by atoms with Gasteiger partial charge in [-0.05, 0) is 44.0 Å². The van der Waals surface area contributed by atoms with Gasteiger partial charge in [0.15, 0.2) is 0 Å². The van der Waals surface area contributed by atoms with Gasteiger partial charge in [-0.1, -0.05) is 24.2 Å². The quantitative estimate of drug-likeness (QED) is 0.839. The van der Waals surface area contributed by atoms with Crippen LogP contribution in [0.25, 0.3) is 0 Å². The summed E-state index contributed by atoms with van der Waals surface area (Å²) in [7, 11) is 1.70. The highest BCUT2D eigenvalue weighted by Gasteiger charge is 2.31. The lowest BCUT2D eigenvalue weighted by atomic mass is 10.0. The molecule has 1 saturated heterocycles. The number of rotatable bonds is 5. The van der Waals surface area contributed by atoms with Gasteiger partial charge in [-0.25, -0.2) is 0 Å². The summed E-state index contributed by atoms with van der Waals surface area (Å²) in [5.74, 6) is 1.95. The van der Waals surface area contributed by atoms with Crippen LogP contribution in [0.4, 0.5) is 0 Å². The molecule has 1 aliphatic rings. The van der Waals surface area contributed by atoms with Crippen molar-refractivity contribution in [3.05, 3.63) is 46.8 Å². The molecule has 0 unspecified atom stereocenters. The van der Waals surface area contributed by atoms with Gasteiger partial charge in [-0.3, -0.25) is 4.90 Å². The van der Waals surface area contributed by atoms with Gasteiger partial charge in [0.25, 0.3) is 0 Å². The summed E-state index contributed by atoms with van der Waals surface area (Å²) < 4.78 is 10.7. The first kappa shape index (κ1) is 15.1. The number of hydrogen-bond donors (Lipinski definition) is 0. The smallest absolute Gasteiger partial charge is 0.141 e. The van der Waals surface area contributed by atoms with Crippen molar-refractivity contribution < 1.29 is 9.26 Å². The molecular weight excluding hydrogens is 276 g/mol. The van der Waals surface area contributed by atoms with Crippen LogP contribution in [0, 0.1) is 6.92 Å². The lowest BCUT2D eigenvalue weighted by Crippen LogP contribution is -2.23. The maximum absolute atomic E-state index is 5.49. The van der Waals surface area contributed by atoms with Crippen molar-refractivity contribution >= 4 is 0 Å². The van der Waals surface area contributed by atoms with Crippen LogP contribution in [0.5, 0.6) is 5.75 Å². The monoisotopic (exact) mass is 300 g/mol. The summed E-state index contributed by atoms with van der Waals surface area (Å²) in [5, 5.41) is 4.18. The normalized spacial score (nSPS) is 18.8. The standard InChI is InChI=1S/C18H24N2O2/c1-4-17-18(13(2)19-22-17)16-6-5-11-20(16)12-14-7-9-15(21-3)10-8-14/h7-10,16H,4-6,11-12H2,1-3H3/t16-/m1/s1. The predicted molar refractivity (Wildman–Crippen MR) is 86.0 cm³/mol. The fourth-order valence-electron chi connectivity index (χ4n) is 3.41. The Labute approximate surface area is 132 Å². The second kappa shape index (κ2) is 6.53. The van der Waals surface area contributed by atoms with E-state index in [1.807, 2.05) is 12.1 Å². The third-order valence-electron chi connectivity index (χ3n) is 4.55. The molecule has 0 aliphatic carbocycles. The summed E-state index contributed by atoms with van der Waals surface area (Å²) in [4.78, 5) is 2.54. The molecule has 0 radical (unpaired) electrons. The Balaban J connectivity index is 1.79. The van der Waals surface area contributed by atoms with E-state index in [2.05, 4.69) is 36.0 Å². The molecule has 1 aromatic carbocycles. The minimum Gasteiger partial charge on any atom is -0.497 e. The van der Waals surface area contributed by atoms with Crippen molar-refractivity contribution in [2.24, 2.45) is 0 Å². The number of aryl methyl sites for hydroxylation is 2. The molecule has 1 aromatic heterocycles. The first-order chi connectivity index (χ1) is 10.7. The van der Waals surface area contributed by atoms with Gasteiger partial charge in [0.2, 0.25) is 0 Å². The number of hydrogen-bond acceptors (Lipinski definition) is 4. The van der Waals surface area contributed by atoms with E-state index < -0.39 is 0 Å². The molecule has 22 heavy (non-hydrogen) atoms. The molecule has 2 aromatic rings. The number of likely N-dealkylation sites (tertiary alicyclic amines) is 1. The van der Waals surface area contributed by atoms with Crippen LogP contribution in [0.1, 0.15) is 48.4 Å². The van der Waals surface area contributed by atoms with Gasteiger partial charge in [-0.15, -0.1) is 0 Å². The maximum atomic E-state index is 5.49. The van der Waals surface area contributed by atoms with Gasteiger partial charge >= 0.3 is 0 Å². The fourth-order valence-corrected chi connectivity index (χ4v) is 3.41. The molecule has 0 spiro atoms. The first-order valence-corrected chi connectivity index (χ1v) is 8.05. The third-order valence-corrected chi connectivity index (χ3v) is 4.55. The summed E-state index contributed by atoms with van der Waals surface area (Å²) in [5.41, 5.74) is 3.68. The summed E-state index contributed by atoms with van der Waals surface area (Å²) >= 11 is 0. The zero-order valence-corrected chi connectivity index (χ0v) is 13.6. The largest absolute Gasteiger partial charge is 0.497 e. The Morgan fingerprint density at radius 2 is 2.09 bits per heavy atom. The van der Waals surface area contributed by atoms with E-state index in [0.717, 1.165) is 36.7 Å². The SMILES string of the molecule is CCc1onc(C)c1[C@H]1CCCN1Cc1ccc(OC)cc1. The second-order valence-corrected chi connectivity index (χ2v) is 5.93. The molecule has 118 valence electrons. The van der Waals surface area contributed by atoms with Gasteiger partial charge < -0.3 is 9.26 Å². The Morgan fingerprint density at radius 3 is 2.77 bits per heavy atom. The topological polar surface area (TPSA) is 38.5 Å². The zero-order chi connectivity index (χ0) is 15.5. The zero-order valence-electron chi connectivity index (χ0n) is 13.6. The highest BCUT2D eigenvalue weighted by Crippen LogP contribution is 2.37. The van der Waals surface area contributed by atoms with Crippen LogP contribution in [0.2, 0.25) is 0 Å². The molecule has 4 heteroatoms. The van der Waals surface area contributed by atoms with Crippen molar-refractivity contribution in [1.82, 2.24) is 10.1 Å². The average Bonchev–Trinajstić information content (AvgIpc) is 3.14. The number of ether oxygens (including phenoxy) is 1. The van der Waals surface area contributed by atoms with Crippen LogP contribution in [0.15, 0.2) is 28.8 Å². The number of methoxy groups -OCH3 is 1. The van der Waals surface area contributed by atoms with Crippen LogP contribution in [0.3, 0.4) is 0 Å². The fraction of sp³-hybridized carbons (Fsp3) is 0.500. The summed E-state index contributed by atoms with van der Waals surface area (Å²) in [6.45, 7) is 6.28. The predicted octanol–water partition coefficient (Wildman–Crippen LogP) is 3.89. The first-order valence-electron chi connectivity index (χ1n) is 8.05. The van der Waals surface area contributed by atoms with E-state index in [4.69, 9.17) is 9.26 Å². The summed E-state index contributed by atoms with van der Waals surface area (Å²) in [6, 6.07) is 8.79.